The molecule has 18 heavy (non-hydrogen) atoms. The number of nitrogens with zero attached hydrogens (tertiary/aromatic N) is 2. The van der Waals surface area contributed by atoms with Crippen molar-refractivity contribution in [3.05, 3.63) is 24.3 Å². The molecule has 1 heterocycles. The highest BCUT2D eigenvalue weighted by Gasteiger charge is 2.20. The second kappa shape index (κ2) is 6.17. The van der Waals surface area contributed by atoms with Crippen LogP contribution in [0.3, 0.4) is 0 Å². The van der Waals surface area contributed by atoms with Gasteiger partial charge in [0, 0.05) is 26.2 Å². The first-order valence-corrected chi connectivity index (χ1v) is 7.16. The van der Waals surface area contributed by atoms with Gasteiger partial charge in [0.25, 0.3) is 0 Å². The molecule has 0 amide bonds. The zero-order valence-electron chi connectivity index (χ0n) is 10.4. The van der Waals surface area contributed by atoms with Gasteiger partial charge >= 0.3 is 0 Å². The highest BCUT2D eigenvalue weighted by Crippen LogP contribution is 2.28. The molecule has 2 rings (SSSR count). The molecule has 1 unspecified atom stereocenters. The monoisotopic (exact) mass is 270 g/mol. The van der Waals surface area contributed by atoms with Crippen molar-refractivity contribution < 1.29 is 13.5 Å². The molecule has 0 radical (unpaired) electrons. The Morgan fingerprint density at radius 2 is 1.94 bits per heavy atom. The summed E-state index contributed by atoms with van der Waals surface area (Å²) in [5.41, 5.74) is 1.09. The van der Waals surface area contributed by atoms with E-state index < -0.39 is 11.1 Å². The van der Waals surface area contributed by atoms with Crippen LogP contribution >= 0.6 is 0 Å². The molecule has 1 atom stereocenters. The summed E-state index contributed by atoms with van der Waals surface area (Å²) in [6.45, 7) is 3.28. The van der Waals surface area contributed by atoms with Crippen LogP contribution in [0.2, 0.25) is 0 Å². The summed E-state index contributed by atoms with van der Waals surface area (Å²) in [4.78, 5) is 4.25. The summed E-state index contributed by atoms with van der Waals surface area (Å²) in [6, 6.07) is 7.93. The summed E-state index contributed by atoms with van der Waals surface area (Å²) < 4.78 is 25.0. The second-order valence-electron chi connectivity index (χ2n) is 4.23. The van der Waals surface area contributed by atoms with E-state index in [0.717, 1.165) is 37.6 Å². The molecule has 0 bridgehead atoms. The van der Waals surface area contributed by atoms with E-state index in [4.69, 9.17) is 9.29 Å². The Morgan fingerprint density at radius 3 is 2.56 bits per heavy atom. The number of benzene rings is 1. The molecule has 5 nitrogen and oxygen atoms in total. The van der Waals surface area contributed by atoms with Gasteiger partial charge in [0.15, 0.2) is 11.1 Å². The molecular weight excluding hydrogens is 252 g/mol. The third-order valence-electron chi connectivity index (χ3n) is 3.09. The van der Waals surface area contributed by atoms with Gasteiger partial charge in [-0.1, -0.05) is 12.1 Å². The predicted octanol–water partition coefficient (Wildman–Crippen LogP) is 0.996. The van der Waals surface area contributed by atoms with Gasteiger partial charge in [-0.05, 0) is 12.1 Å². The highest BCUT2D eigenvalue weighted by molar-refractivity contribution is 7.79. The maximum atomic E-state index is 10.8. The lowest BCUT2D eigenvalue weighted by molar-refractivity contribution is 0.291. The number of para-hydroxylation sites is 2. The summed E-state index contributed by atoms with van der Waals surface area (Å²) in [5.74, 6) is 1.11. The lowest BCUT2D eigenvalue weighted by Crippen LogP contribution is -2.47. The van der Waals surface area contributed by atoms with Crippen LogP contribution in [0.15, 0.2) is 24.3 Å². The first-order chi connectivity index (χ1) is 8.70. The van der Waals surface area contributed by atoms with E-state index >= 15 is 0 Å². The van der Waals surface area contributed by atoms with Gasteiger partial charge in [0.2, 0.25) is 0 Å². The third-order valence-corrected chi connectivity index (χ3v) is 3.68. The standard InChI is InChI=1S/C12H18N2O3S/c1-17-12-5-3-2-4-11(12)14-8-6-13(7-9-14)10-18(15)16/h2-5H,6-10H2,1H3,(H,15,16). The normalized spacial score (nSPS) is 18.7. The number of ether oxygens (including phenoxy) is 1. The number of rotatable bonds is 4. The predicted molar refractivity (Wildman–Crippen MR) is 72.4 cm³/mol. The van der Waals surface area contributed by atoms with Crippen LogP contribution in [-0.4, -0.2) is 52.8 Å². The van der Waals surface area contributed by atoms with E-state index in [1.54, 1.807) is 7.11 Å². The molecule has 1 aliphatic heterocycles. The molecule has 1 aromatic rings. The van der Waals surface area contributed by atoms with Crippen molar-refractivity contribution in [3.8, 4) is 5.75 Å². The highest BCUT2D eigenvalue weighted by atomic mass is 32.2. The van der Waals surface area contributed by atoms with Gasteiger partial charge in [0.1, 0.15) is 11.6 Å². The smallest absolute Gasteiger partial charge is 0.167 e. The van der Waals surface area contributed by atoms with Crippen LogP contribution in [0, 0.1) is 0 Å². The van der Waals surface area contributed by atoms with E-state index in [0.29, 0.717) is 0 Å². The topological polar surface area (TPSA) is 53.0 Å². The number of methoxy groups -OCH3 is 1. The zero-order chi connectivity index (χ0) is 13.0. The van der Waals surface area contributed by atoms with Crippen LogP contribution in [0.4, 0.5) is 5.69 Å². The molecule has 0 aromatic heterocycles. The lowest BCUT2D eigenvalue weighted by Gasteiger charge is -2.35. The van der Waals surface area contributed by atoms with Gasteiger partial charge in [0.05, 0.1) is 12.8 Å². The van der Waals surface area contributed by atoms with Crippen molar-refractivity contribution in [2.75, 3.05) is 44.1 Å². The van der Waals surface area contributed by atoms with Crippen LogP contribution in [0.25, 0.3) is 0 Å². The first kappa shape index (κ1) is 13.3. The summed E-state index contributed by atoms with van der Waals surface area (Å²) in [7, 11) is 1.67. The van der Waals surface area contributed by atoms with Crippen LogP contribution in [0.5, 0.6) is 5.75 Å². The second-order valence-corrected chi connectivity index (χ2v) is 5.13. The van der Waals surface area contributed by atoms with Crippen molar-refractivity contribution in [2.24, 2.45) is 0 Å². The Kier molecular flexibility index (Phi) is 4.57. The number of piperazine rings is 1. The number of hydrogen-bond acceptors (Lipinski definition) is 4. The van der Waals surface area contributed by atoms with Crippen molar-refractivity contribution in [2.45, 2.75) is 0 Å². The van der Waals surface area contributed by atoms with Crippen molar-refractivity contribution in [1.82, 2.24) is 4.90 Å². The fourth-order valence-corrected chi connectivity index (χ4v) is 2.74. The quantitative estimate of drug-likeness (QED) is 0.827. The minimum absolute atomic E-state index is 0.236. The molecule has 100 valence electrons. The molecule has 0 spiro atoms. The Labute approximate surface area is 110 Å². The molecule has 1 N–H and O–H groups in total. The maximum absolute atomic E-state index is 10.8. The Balaban J connectivity index is 1.99. The Bertz CT molecular complexity index is 420. The van der Waals surface area contributed by atoms with Gasteiger partial charge in [-0.3, -0.25) is 4.90 Å². The molecule has 1 aliphatic rings. The van der Waals surface area contributed by atoms with Crippen molar-refractivity contribution >= 4 is 16.8 Å². The number of anilines is 1. The summed E-state index contributed by atoms with van der Waals surface area (Å²) in [5, 5.41) is 0. The average molecular weight is 270 g/mol. The van der Waals surface area contributed by atoms with E-state index in [1.165, 1.54) is 0 Å². The minimum atomic E-state index is -1.74. The van der Waals surface area contributed by atoms with Crippen LogP contribution in [-0.2, 0) is 11.1 Å². The van der Waals surface area contributed by atoms with Crippen molar-refractivity contribution in [3.63, 3.8) is 0 Å². The van der Waals surface area contributed by atoms with E-state index in [2.05, 4.69) is 4.90 Å². The van der Waals surface area contributed by atoms with E-state index in [9.17, 15) is 4.21 Å². The first-order valence-electron chi connectivity index (χ1n) is 5.88. The van der Waals surface area contributed by atoms with E-state index in [1.807, 2.05) is 29.2 Å². The molecule has 0 saturated carbocycles. The minimum Gasteiger partial charge on any atom is -0.495 e. The fourth-order valence-electron chi connectivity index (χ4n) is 2.17. The molecule has 1 fully saturated rings. The van der Waals surface area contributed by atoms with Crippen molar-refractivity contribution in [1.29, 1.82) is 0 Å². The SMILES string of the molecule is COc1ccccc1N1CCN(CS(=O)O)CC1. The van der Waals surface area contributed by atoms with Crippen LogP contribution in [0.1, 0.15) is 0 Å². The Morgan fingerprint density at radius 1 is 1.28 bits per heavy atom. The summed E-state index contributed by atoms with van der Waals surface area (Å²) >= 11 is -1.74. The molecular formula is C12H18N2O3S. The average Bonchev–Trinajstić information content (AvgIpc) is 2.39. The third kappa shape index (κ3) is 3.22. The molecule has 1 saturated heterocycles. The summed E-state index contributed by atoms with van der Waals surface area (Å²) in [6.07, 6.45) is 0. The zero-order valence-corrected chi connectivity index (χ0v) is 11.2. The molecule has 1 aromatic carbocycles. The Hall–Kier alpha value is -1.11. The van der Waals surface area contributed by atoms with Gasteiger partial charge in [-0.15, -0.1) is 0 Å². The van der Waals surface area contributed by atoms with Gasteiger partial charge < -0.3 is 14.2 Å². The van der Waals surface area contributed by atoms with Crippen LogP contribution < -0.4 is 9.64 Å². The maximum Gasteiger partial charge on any atom is 0.167 e. The lowest BCUT2D eigenvalue weighted by atomic mass is 10.2. The van der Waals surface area contributed by atoms with Gasteiger partial charge in [-0.25, -0.2) is 4.21 Å². The molecule has 6 heteroatoms. The van der Waals surface area contributed by atoms with E-state index in [-0.39, 0.29) is 5.88 Å². The fraction of sp³-hybridized carbons (Fsp3) is 0.500. The van der Waals surface area contributed by atoms with Gasteiger partial charge in [-0.2, -0.15) is 0 Å². The largest absolute Gasteiger partial charge is 0.495 e. The number of hydrogen-bond donors (Lipinski definition) is 1. The molecule has 0 aliphatic carbocycles.